The van der Waals surface area contributed by atoms with Crippen LogP contribution in [0.25, 0.3) is 0 Å². The average molecular weight is 126 g/mol. The van der Waals surface area contributed by atoms with Crippen LogP contribution >= 0.6 is 0 Å². The second kappa shape index (κ2) is 1.55. The predicted molar refractivity (Wildman–Crippen MR) is 29.0 cm³/mol. The van der Waals surface area contributed by atoms with Crippen molar-refractivity contribution in [3.05, 3.63) is 0 Å². The monoisotopic (exact) mass is 126 g/mol. The van der Waals surface area contributed by atoms with Gasteiger partial charge in [0.2, 0.25) is 0 Å². The molecule has 2 bridgehead atoms. The van der Waals surface area contributed by atoms with Gasteiger partial charge in [-0.25, -0.2) is 0 Å². The normalized spacial score (nSPS) is 42.6. The lowest BCUT2D eigenvalue weighted by Crippen LogP contribution is -2.24. The van der Waals surface area contributed by atoms with Gasteiger partial charge < -0.3 is 0 Å². The Balaban J connectivity index is 2.26. The smallest absolute Gasteiger partial charge is 0.154 e. The number of hydrogen-bond donors (Lipinski definition) is 0. The Morgan fingerprint density at radius 3 is 2.44 bits per heavy atom. The fraction of sp³-hybridized carbons (Fsp3) is 0.833. The van der Waals surface area contributed by atoms with Gasteiger partial charge in [0.05, 0.1) is 6.04 Å². The molecule has 0 saturated carbocycles. The van der Waals surface area contributed by atoms with Gasteiger partial charge in [-0.3, -0.25) is 4.79 Å². The molecule has 2 aliphatic rings. The zero-order chi connectivity index (χ0) is 6.43. The topological polar surface area (TPSA) is 40.2 Å². The predicted octanol–water partition coefficient (Wildman–Crippen LogP) is 0.138. The van der Waals surface area contributed by atoms with Gasteiger partial charge >= 0.3 is 0 Å². The molecule has 2 atom stereocenters. The Morgan fingerprint density at radius 2 is 2.22 bits per heavy atom. The number of ketones is 1. The van der Waals surface area contributed by atoms with Gasteiger partial charge in [-0.1, -0.05) is 0 Å². The van der Waals surface area contributed by atoms with Gasteiger partial charge in [-0.2, -0.15) is 0 Å². The third-order valence-electron chi connectivity index (χ3n) is 2.25. The summed E-state index contributed by atoms with van der Waals surface area (Å²) in [7, 11) is 0. The van der Waals surface area contributed by atoms with E-state index in [1.807, 2.05) is 0 Å². The average Bonchev–Trinajstić information content (AvgIpc) is 2.25. The van der Waals surface area contributed by atoms with E-state index in [0.717, 1.165) is 17.9 Å². The fourth-order valence-electron chi connectivity index (χ4n) is 1.72. The van der Waals surface area contributed by atoms with Gasteiger partial charge in [-0.05, 0) is 12.8 Å². The molecule has 2 fully saturated rings. The first-order valence-electron chi connectivity index (χ1n) is 3.27. The molecular formula is C6H8NO2. The molecule has 0 amide bonds. The summed E-state index contributed by atoms with van der Waals surface area (Å²) in [6, 6.07) is -0.211. The summed E-state index contributed by atoms with van der Waals surface area (Å²) in [5.74, 6) is 0.154. The number of rotatable bonds is 0. The maximum absolute atomic E-state index is 10.9. The molecule has 49 valence electrons. The second-order valence-corrected chi connectivity index (χ2v) is 2.78. The molecule has 0 spiro atoms. The van der Waals surface area contributed by atoms with Crippen LogP contribution in [0.3, 0.4) is 0 Å². The lowest BCUT2D eigenvalue weighted by atomic mass is 10.00. The quantitative estimate of drug-likeness (QED) is 0.463. The highest BCUT2D eigenvalue weighted by Crippen LogP contribution is 2.33. The number of fused-ring (bicyclic) bond motifs is 2. The van der Waals surface area contributed by atoms with Crippen molar-refractivity contribution in [2.45, 2.75) is 31.3 Å². The molecule has 2 saturated heterocycles. The molecule has 0 N–H and O–H groups in total. The highest BCUT2D eigenvalue weighted by Gasteiger charge is 2.45. The largest absolute Gasteiger partial charge is 0.298 e. The van der Waals surface area contributed by atoms with Crippen molar-refractivity contribution in [1.82, 2.24) is 5.06 Å². The van der Waals surface area contributed by atoms with E-state index in [2.05, 4.69) is 0 Å². The van der Waals surface area contributed by atoms with E-state index in [0.29, 0.717) is 6.42 Å². The third-order valence-corrected chi connectivity index (χ3v) is 2.25. The molecule has 9 heavy (non-hydrogen) atoms. The van der Waals surface area contributed by atoms with Crippen LogP contribution in [-0.2, 0) is 10.0 Å². The summed E-state index contributed by atoms with van der Waals surface area (Å²) < 4.78 is 0. The zero-order valence-corrected chi connectivity index (χ0v) is 5.04. The SMILES string of the molecule is [O]N1C2CCC1C(=O)C2. The molecule has 0 aromatic rings. The maximum Gasteiger partial charge on any atom is 0.154 e. The summed E-state index contributed by atoms with van der Waals surface area (Å²) >= 11 is 0. The van der Waals surface area contributed by atoms with Crippen molar-refractivity contribution in [1.29, 1.82) is 0 Å². The third kappa shape index (κ3) is 0.559. The second-order valence-electron chi connectivity index (χ2n) is 2.78. The molecule has 2 heterocycles. The number of carbonyl (C=O) groups is 1. The minimum absolute atomic E-state index is 0.0440. The van der Waals surface area contributed by atoms with E-state index < -0.39 is 0 Å². The summed E-state index contributed by atoms with van der Waals surface area (Å²) in [6.07, 6.45) is 2.24. The summed E-state index contributed by atoms with van der Waals surface area (Å²) in [6.45, 7) is 0. The van der Waals surface area contributed by atoms with Crippen LogP contribution in [0.2, 0.25) is 0 Å². The lowest BCUT2D eigenvalue weighted by Gasteiger charge is -2.04. The maximum atomic E-state index is 10.9. The summed E-state index contributed by atoms with van der Waals surface area (Å²) in [5.41, 5.74) is 0. The van der Waals surface area contributed by atoms with Gasteiger partial charge in [0.15, 0.2) is 5.78 Å². The molecule has 3 nitrogen and oxygen atoms in total. The number of hydrogen-bond acceptors (Lipinski definition) is 2. The Morgan fingerprint density at radius 1 is 1.44 bits per heavy atom. The number of nitrogens with zero attached hydrogens (tertiary/aromatic N) is 1. The van der Waals surface area contributed by atoms with E-state index >= 15 is 0 Å². The molecule has 0 aromatic heterocycles. The van der Waals surface area contributed by atoms with Crippen molar-refractivity contribution in [3.8, 4) is 0 Å². The molecule has 0 aliphatic carbocycles. The fourth-order valence-corrected chi connectivity index (χ4v) is 1.72. The molecule has 1 radical (unpaired) electrons. The molecule has 3 heteroatoms. The first kappa shape index (κ1) is 5.38. The molecule has 2 rings (SSSR count). The highest BCUT2D eigenvalue weighted by atomic mass is 16.5. The van der Waals surface area contributed by atoms with Gasteiger partial charge in [0, 0.05) is 12.5 Å². The number of Topliss-reactive ketones (excluding diaryl/α,β-unsaturated/α-hetero) is 1. The number of hydroxylamine groups is 2. The first-order chi connectivity index (χ1) is 4.29. The summed E-state index contributed by atoms with van der Waals surface area (Å²) in [5, 5.41) is 11.8. The van der Waals surface area contributed by atoms with Crippen LogP contribution in [0.5, 0.6) is 0 Å². The Labute approximate surface area is 53.2 Å². The van der Waals surface area contributed by atoms with Crippen LogP contribution in [-0.4, -0.2) is 22.9 Å². The van der Waals surface area contributed by atoms with E-state index in [9.17, 15) is 10.0 Å². The molecule has 0 aromatic carbocycles. The van der Waals surface area contributed by atoms with E-state index in [1.165, 1.54) is 0 Å². The van der Waals surface area contributed by atoms with Crippen molar-refractivity contribution >= 4 is 5.78 Å². The van der Waals surface area contributed by atoms with Crippen LogP contribution in [0, 0.1) is 0 Å². The van der Waals surface area contributed by atoms with Gasteiger partial charge in [0.1, 0.15) is 0 Å². The first-order valence-corrected chi connectivity index (χ1v) is 3.27. The minimum atomic E-state index is -0.255. The summed E-state index contributed by atoms with van der Waals surface area (Å²) in [4.78, 5) is 10.8. The van der Waals surface area contributed by atoms with Gasteiger partial charge in [-0.15, -0.1) is 10.3 Å². The van der Waals surface area contributed by atoms with Gasteiger partial charge in [0.25, 0.3) is 0 Å². The van der Waals surface area contributed by atoms with Crippen LogP contribution in [0.1, 0.15) is 19.3 Å². The molecule has 2 unspecified atom stereocenters. The number of carbonyl (C=O) groups excluding carboxylic acids is 1. The van der Waals surface area contributed by atoms with E-state index in [1.54, 1.807) is 0 Å². The Bertz CT molecular complexity index is 157. The van der Waals surface area contributed by atoms with Crippen molar-refractivity contribution in [2.24, 2.45) is 0 Å². The van der Waals surface area contributed by atoms with Crippen molar-refractivity contribution in [2.75, 3.05) is 0 Å². The Kier molecular flexibility index (Phi) is 0.926. The van der Waals surface area contributed by atoms with Crippen LogP contribution in [0.15, 0.2) is 0 Å². The van der Waals surface area contributed by atoms with Crippen LogP contribution < -0.4 is 0 Å². The molecule has 2 aliphatic heterocycles. The Hall–Kier alpha value is -0.410. The van der Waals surface area contributed by atoms with Crippen LogP contribution in [0.4, 0.5) is 0 Å². The van der Waals surface area contributed by atoms with E-state index in [-0.39, 0.29) is 17.9 Å². The lowest BCUT2D eigenvalue weighted by molar-refractivity contribution is -0.174. The van der Waals surface area contributed by atoms with E-state index in [4.69, 9.17) is 0 Å². The minimum Gasteiger partial charge on any atom is -0.298 e. The van der Waals surface area contributed by atoms with Crippen molar-refractivity contribution in [3.63, 3.8) is 0 Å². The van der Waals surface area contributed by atoms with Crippen molar-refractivity contribution < 1.29 is 10.0 Å². The standard InChI is InChI=1S/C6H8NO2/c8-6-3-4-1-2-5(6)7(4)9/h4-5H,1-3H2. The highest BCUT2D eigenvalue weighted by molar-refractivity contribution is 5.87. The zero-order valence-electron chi connectivity index (χ0n) is 5.04. The molecular weight excluding hydrogens is 118 g/mol.